The van der Waals surface area contributed by atoms with Gasteiger partial charge in [0.15, 0.2) is 5.78 Å². The Bertz CT molecular complexity index is 893. The highest BCUT2D eigenvalue weighted by molar-refractivity contribution is 6.31. The fourth-order valence-corrected chi connectivity index (χ4v) is 3.67. The van der Waals surface area contributed by atoms with Crippen molar-refractivity contribution in [2.75, 3.05) is 11.9 Å². The van der Waals surface area contributed by atoms with Crippen LogP contribution >= 0.6 is 11.6 Å². The standard InChI is InChI=1S/C19H19ClN4O/c20-14-9-10-17-16(11-14)22-23-24(17)18-8-4-5-13(19(18)25)12-21-15-6-2-1-3-7-15/h1-3,6-7,9-11,13,18,21H,4-5,8,12H2/t13-,18?/m0/s1. The Morgan fingerprint density at radius 2 is 2.00 bits per heavy atom. The molecule has 2 atom stereocenters. The van der Waals surface area contributed by atoms with Crippen molar-refractivity contribution >= 4 is 34.1 Å². The van der Waals surface area contributed by atoms with Crippen LogP contribution in [0.4, 0.5) is 5.69 Å². The molecule has 1 saturated carbocycles. The van der Waals surface area contributed by atoms with Gasteiger partial charge in [-0.25, -0.2) is 4.68 Å². The van der Waals surface area contributed by atoms with Gasteiger partial charge in [-0.15, -0.1) is 5.10 Å². The van der Waals surface area contributed by atoms with E-state index in [1.54, 1.807) is 10.7 Å². The molecular weight excluding hydrogens is 336 g/mol. The summed E-state index contributed by atoms with van der Waals surface area (Å²) in [6, 6.07) is 15.2. The Kier molecular flexibility index (Phi) is 4.40. The van der Waals surface area contributed by atoms with Crippen LogP contribution in [0.15, 0.2) is 48.5 Å². The minimum atomic E-state index is -0.248. The number of Topliss-reactive ketones (excluding diaryl/α,β-unsaturated/α-hetero) is 1. The predicted molar refractivity (Wildman–Crippen MR) is 98.9 cm³/mol. The number of anilines is 1. The van der Waals surface area contributed by atoms with Crippen LogP contribution in [0.25, 0.3) is 11.0 Å². The predicted octanol–water partition coefficient (Wildman–Crippen LogP) is 4.11. The molecular formula is C19H19ClN4O. The van der Waals surface area contributed by atoms with E-state index in [2.05, 4.69) is 15.6 Å². The summed E-state index contributed by atoms with van der Waals surface area (Å²) in [4.78, 5) is 13.0. The zero-order valence-corrected chi connectivity index (χ0v) is 14.5. The first-order valence-electron chi connectivity index (χ1n) is 8.55. The Labute approximate surface area is 151 Å². The van der Waals surface area contributed by atoms with E-state index in [1.165, 1.54) is 0 Å². The van der Waals surface area contributed by atoms with Crippen LogP contribution in [-0.2, 0) is 4.79 Å². The molecule has 2 aromatic carbocycles. The fraction of sp³-hybridized carbons (Fsp3) is 0.316. The average Bonchev–Trinajstić information content (AvgIpc) is 3.04. The molecule has 0 saturated heterocycles. The van der Waals surface area contributed by atoms with E-state index < -0.39 is 0 Å². The molecule has 0 radical (unpaired) electrons. The molecule has 1 aromatic heterocycles. The minimum Gasteiger partial charge on any atom is -0.384 e. The SMILES string of the molecule is O=C1C(n2nnc3cc(Cl)ccc32)CCC[C@H]1CNc1ccccc1. The molecule has 0 bridgehead atoms. The van der Waals surface area contributed by atoms with Crippen LogP contribution < -0.4 is 5.32 Å². The molecule has 5 nitrogen and oxygen atoms in total. The highest BCUT2D eigenvalue weighted by atomic mass is 35.5. The molecule has 25 heavy (non-hydrogen) atoms. The number of carbonyl (C=O) groups is 1. The highest BCUT2D eigenvalue weighted by Gasteiger charge is 2.33. The number of aromatic nitrogens is 3. The summed E-state index contributed by atoms with van der Waals surface area (Å²) in [5, 5.41) is 12.4. The van der Waals surface area contributed by atoms with Gasteiger partial charge in [0, 0.05) is 23.2 Å². The Morgan fingerprint density at radius 3 is 2.84 bits per heavy atom. The molecule has 128 valence electrons. The van der Waals surface area contributed by atoms with Crippen LogP contribution in [0.5, 0.6) is 0 Å². The van der Waals surface area contributed by atoms with Gasteiger partial charge in [-0.3, -0.25) is 4.79 Å². The summed E-state index contributed by atoms with van der Waals surface area (Å²) in [5.41, 5.74) is 2.63. The lowest BCUT2D eigenvalue weighted by Gasteiger charge is -2.28. The van der Waals surface area contributed by atoms with Gasteiger partial charge in [-0.2, -0.15) is 0 Å². The summed E-state index contributed by atoms with van der Waals surface area (Å²) in [6.45, 7) is 0.651. The number of hydrogen-bond donors (Lipinski definition) is 1. The number of carbonyl (C=O) groups excluding carboxylic acids is 1. The minimum absolute atomic E-state index is 0.00879. The largest absolute Gasteiger partial charge is 0.384 e. The molecule has 1 unspecified atom stereocenters. The van der Waals surface area contributed by atoms with E-state index in [4.69, 9.17) is 11.6 Å². The number of halogens is 1. The number of nitrogens with one attached hydrogen (secondary N) is 1. The monoisotopic (exact) mass is 354 g/mol. The van der Waals surface area contributed by atoms with Crippen molar-refractivity contribution in [2.45, 2.75) is 25.3 Å². The topological polar surface area (TPSA) is 59.8 Å². The summed E-state index contributed by atoms with van der Waals surface area (Å²) in [5.74, 6) is 0.224. The number of hydrogen-bond acceptors (Lipinski definition) is 4. The number of rotatable bonds is 4. The summed E-state index contributed by atoms with van der Waals surface area (Å²) < 4.78 is 1.77. The molecule has 6 heteroatoms. The van der Waals surface area contributed by atoms with Gasteiger partial charge in [-0.05, 0) is 43.2 Å². The van der Waals surface area contributed by atoms with Crippen LogP contribution in [-0.4, -0.2) is 27.3 Å². The van der Waals surface area contributed by atoms with Crippen LogP contribution in [0.2, 0.25) is 5.02 Å². The Hall–Kier alpha value is -2.40. The molecule has 1 heterocycles. The van der Waals surface area contributed by atoms with Crippen LogP contribution in [0, 0.1) is 5.92 Å². The molecule has 0 amide bonds. The van der Waals surface area contributed by atoms with E-state index in [0.29, 0.717) is 11.6 Å². The fourth-order valence-electron chi connectivity index (χ4n) is 3.50. The van der Waals surface area contributed by atoms with Crippen LogP contribution in [0.3, 0.4) is 0 Å². The first-order chi connectivity index (χ1) is 12.2. The van der Waals surface area contributed by atoms with Crippen molar-refractivity contribution in [1.82, 2.24) is 15.0 Å². The van der Waals surface area contributed by atoms with Crippen molar-refractivity contribution in [3.05, 3.63) is 53.6 Å². The maximum absolute atomic E-state index is 13.0. The van der Waals surface area contributed by atoms with Gasteiger partial charge in [-0.1, -0.05) is 41.4 Å². The second-order valence-corrected chi connectivity index (χ2v) is 6.90. The third-order valence-electron chi connectivity index (χ3n) is 4.82. The van der Waals surface area contributed by atoms with E-state index in [1.807, 2.05) is 42.5 Å². The second kappa shape index (κ2) is 6.84. The zero-order valence-electron chi connectivity index (χ0n) is 13.7. The van der Waals surface area contributed by atoms with Crippen molar-refractivity contribution in [1.29, 1.82) is 0 Å². The highest BCUT2D eigenvalue weighted by Crippen LogP contribution is 2.31. The molecule has 4 rings (SSSR count). The van der Waals surface area contributed by atoms with Crippen molar-refractivity contribution in [3.63, 3.8) is 0 Å². The van der Waals surface area contributed by atoms with Gasteiger partial charge in [0.1, 0.15) is 11.6 Å². The van der Waals surface area contributed by atoms with Gasteiger partial charge in [0.2, 0.25) is 0 Å². The molecule has 1 aliphatic rings. The first kappa shape index (κ1) is 16.1. The zero-order chi connectivity index (χ0) is 17.2. The smallest absolute Gasteiger partial charge is 0.162 e. The number of ketones is 1. The maximum atomic E-state index is 13.0. The molecule has 1 N–H and O–H groups in total. The normalized spacial score (nSPS) is 20.8. The molecule has 0 spiro atoms. The van der Waals surface area contributed by atoms with Crippen molar-refractivity contribution < 1.29 is 4.79 Å². The lowest BCUT2D eigenvalue weighted by atomic mass is 9.84. The number of nitrogens with zero attached hydrogens (tertiary/aromatic N) is 3. The van der Waals surface area contributed by atoms with Crippen LogP contribution in [0.1, 0.15) is 25.3 Å². The third kappa shape index (κ3) is 3.24. The number of benzene rings is 2. The van der Waals surface area contributed by atoms with Gasteiger partial charge < -0.3 is 5.32 Å². The summed E-state index contributed by atoms with van der Waals surface area (Å²) in [7, 11) is 0. The average molecular weight is 355 g/mol. The summed E-state index contributed by atoms with van der Waals surface area (Å²) >= 11 is 6.01. The van der Waals surface area contributed by atoms with Crippen molar-refractivity contribution in [2.24, 2.45) is 5.92 Å². The molecule has 1 fully saturated rings. The Balaban J connectivity index is 1.53. The maximum Gasteiger partial charge on any atom is 0.162 e. The summed E-state index contributed by atoms with van der Waals surface area (Å²) in [6.07, 6.45) is 2.72. The lowest BCUT2D eigenvalue weighted by Crippen LogP contribution is -2.35. The van der Waals surface area contributed by atoms with E-state index >= 15 is 0 Å². The first-order valence-corrected chi connectivity index (χ1v) is 8.93. The lowest BCUT2D eigenvalue weighted by molar-refractivity contribution is -0.128. The van der Waals surface area contributed by atoms with E-state index in [-0.39, 0.29) is 17.7 Å². The third-order valence-corrected chi connectivity index (χ3v) is 5.05. The number of para-hydroxylation sites is 1. The van der Waals surface area contributed by atoms with Gasteiger partial charge >= 0.3 is 0 Å². The van der Waals surface area contributed by atoms with Gasteiger partial charge in [0.05, 0.1) is 5.52 Å². The van der Waals surface area contributed by atoms with Gasteiger partial charge in [0.25, 0.3) is 0 Å². The number of fused-ring (bicyclic) bond motifs is 1. The molecule has 1 aliphatic carbocycles. The second-order valence-electron chi connectivity index (χ2n) is 6.46. The van der Waals surface area contributed by atoms with Crippen molar-refractivity contribution in [3.8, 4) is 0 Å². The Morgan fingerprint density at radius 1 is 1.16 bits per heavy atom. The quantitative estimate of drug-likeness (QED) is 0.766. The molecule has 0 aliphatic heterocycles. The van der Waals surface area contributed by atoms with E-state index in [0.717, 1.165) is 36.0 Å². The molecule has 3 aromatic rings. The van der Waals surface area contributed by atoms with E-state index in [9.17, 15) is 4.79 Å².